The second kappa shape index (κ2) is 5.79. The number of nitrogens with zero attached hydrogens (tertiary/aromatic N) is 3. The number of hydrogen-bond donors (Lipinski definition) is 0. The molecule has 0 radical (unpaired) electrons. The van der Waals surface area contributed by atoms with Crippen LogP contribution in [0.5, 0.6) is 0 Å². The van der Waals surface area contributed by atoms with Gasteiger partial charge in [0, 0.05) is 36.0 Å². The molecular formula is C22H13N3O3. The molecule has 3 aromatic carbocycles. The number of amides is 2. The normalized spacial score (nSPS) is 13.4. The second-order valence-corrected chi connectivity index (χ2v) is 6.65. The fourth-order valence-electron chi connectivity index (χ4n) is 3.87. The summed E-state index contributed by atoms with van der Waals surface area (Å²) in [5, 5.41) is 2.77. The molecule has 134 valence electrons. The summed E-state index contributed by atoms with van der Waals surface area (Å²) in [4.78, 5) is 48.2. The van der Waals surface area contributed by atoms with Gasteiger partial charge in [0.15, 0.2) is 5.78 Å². The van der Waals surface area contributed by atoms with E-state index in [1.165, 1.54) is 25.8 Å². The summed E-state index contributed by atoms with van der Waals surface area (Å²) in [7, 11) is 1.43. The standard InChI is InChI=1S/C22H13N3O3/c1-25-21(27)16-8-4-7-14-13-5-2-3-6-15(13)18(19(17(14)16)22(25)28)20(26)12-9-23-11-24-10-12/h2-11H,1H3. The van der Waals surface area contributed by atoms with Crippen LogP contribution in [-0.2, 0) is 0 Å². The summed E-state index contributed by atoms with van der Waals surface area (Å²) >= 11 is 0. The van der Waals surface area contributed by atoms with Crippen LogP contribution in [0.1, 0.15) is 36.6 Å². The third-order valence-electron chi connectivity index (χ3n) is 5.15. The van der Waals surface area contributed by atoms with Crippen molar-refractivity contribution in [2.45, 2.75) is 0 Å². The van der Waals surface area contributed by atoms with Crippen molar-refractivity contribution in [1.82, 2.24) is 14.9 Å². The first kappa shape index (κ1) is 16.3. The Labute approximate surface area is 159 Å². The Hall–Kier alpha value is -3.93. The Bertz CT molecular complexity index is 1330. The van der Waals surface area contributed by atoms with E-state index >= 15 is 0 Å². The number of rotatable bonds is 2. The van der Waals surface area contributed by atoms with Gasteiger partial charge in [0.2, 0.25) is 0 Å². The first-order valence-electron chi connectivity index (χ1n) is 8.69. The molecule has 0 bridgehead atoms. The Balaban J connectivity index is 2.02. The van der Waals surface area contributed by atoms with Gasteiger partial charge in [0.25, 0.3) is 11.8 Å². The first-order chi connectivity index (χ1) is 13.6. The zero-order valence-corrected chi connectivity index (χ0v) is 14.8. The molecular weight excluding hydrogens is 354 g/mol. The lowest BCUT2D eigenvalue weighted by molar-refractivity contribution is 0.0648. The van der Waals surface area contributed by atoms with Crippen LogP contribution < -0.4 is 0 Å². The lowest BCUT2D eigenvalue weighted by Gasteiger charge is -2.26. The van der Waals surface area contributed by atoms with Gasteiger partial charge < -0.3 is 0 Å². The molecule has 0 saturated heterocycles. The topological polar surface area (TPSA) is 80.2 Å². The Morgan fingerprint density at radius 2 is 1.54 bits per heavy atom. The molecule has 0 saturated carbocycles. The minimum atomic E-state index is -0.486. The molecule has 2 amide bonds. The summed E-state index contributed by atoms with van der Waals surface area (Å²) in [6.07, 6.45) is 4.19. The summed E-state index contributed by atoms with van der Waals surface area (Å²) < 4.78 is 0. The van der Waals surface area contributed by atoms with Gasteiger partial charge in [-0.1, -0.05) is 36.4 Å². The molecule has 6 heteroatoms. The predicted octanol–water partition coefficient (Wildman–Crippen LogP) is 3.24. The van der Waals surface area contributed by atoms with Crippen molar-refractivity contribution in [2.75, 3.05) is 7.05 Å². The second-order valence-electron chi connectivity index (χ2n) is 6.65. The molecule has 4 aromatic rings. The number of aromatic nitrogens is 2. The molecule has 1 aromatic heterocycles. The molecule has 1 aliphatic heterocycles. The molecule has 0 atom stereocenters. The van der Waals surface area contributed by atoms with E-state index in [1.54, 1.807) is 12.1 Å². The van der Waals surface area contributed by atoms with Crippen LogP contribution in [0.15, 0.2) is 61.2 Å². The number of carbonyl (C=O) groups is 3. The van der Waals surface area contributed by atoms with E-state index in [9.17, 15) is 14.4 Å². The molecule has 2 heterocycles. The van der Waals surface area contributed by atoms with E-state index in [-0.39, 0.29) is 28.4 Å². The number of carbonyl (C=O) groups excluding carboxylic acids is 3. The summed E-state index contributed by atoms with van der Waals surface area (Å²) in [6, 6.07) is 12.8. The van der Waals surface area contributed by atoms with Crippen molar-refractivity contribution < 1.29 is 14.4 Å². The molecule has 0 spiro atoms. The maximum Gasteiger partial charge on any atom is 0.261 e. The SMILES string of the molecule is CN1C(=O)c2cccc3c2c(c(C(=O)c2cncnc2)c2ccccc23)C1=O. The van der Waals surface area contributed by atoms with Crippen LogP contribution in [0.2, 0.25) is 0 Å². The number of hydrogen-bond acceptors (Lipinski definition) is 5. The van der Waals surface area contributed by atoms with Gasteiger partial charge in [0.05, 0.1) is 11.1 Å². The fraction of sp³-hybridized carbons (Fsp3) is 0.0455. The number of imide groups is 1. The molecule has 0 N–H and O–H groups in total. The molecule has 0 aliphatic carbocycles. The Morgan fingerprint density at radius 3 is 2.29 bits per heavy atom. The smallest absolute Gasteiger partial charge is 0.261 e. The van der Waals surface area contributed by atoms with E-state index < -0.39 is 5.91 Å². The molecule has 1 aliphatic rings. The maximum absolute atomic E-state index is 13.4. The van der Waals surface area contributed by atoms with Crippen molar-refractivity contribution in [1.29, 1.82) is 0 Å². The third-order valence-corrected chi connectivity index (χ3v) is 5.15. The van der Waals surface area contributed by atoms with Crippen LogP contribution in [-0.4, -0.2) is 39.5 Å². The summed E-state index contributed by atoms with van der Waals surface area (Å²) in [5.41, 5.74) is 1.22. The minimum absolute atomic E-state index is 0.250. The Morgan fingerprint density at radius 1 is 0.857 bits per heavy atom. The van der Waals surface area contributed by atoms with E-state index in [0.717, 1.165) is 15.7 Å². The highest BCUT2D eigenvalue weighted by atomic mass is 16.2. The zero-order chi connectivity index (χ0) is 19.4. The zero-order valence-electron chi connectivity index (χ0n) is 14.8. The van der Waals surface area contributed by atoms with Gasteiger partial charge in [-0.3, -0.25) is 19.3 Å². The highest BCUT2D eigenvalue weighted by molar-refractivity contribution is 6.35. The highest BCUT2D eigenvalue weighted by Gasteiger charge is 2.35. The highest BCUT2D eigenvalue weighted by Crippen LogP contribution is 2.39. The van der Waals surface area contributed by atoms with Crippen molar-refractivity contribution in [3.8, 4) is 0 Å². The largest absolute Gasteiger partial charge is 0.288 e. The van der Waals surface area contributed by atoms with Gasteiger partial charge in [0.1, 0.15) is 6.33 Å². The molecule has 0 unspecified atom stereocenters. The van der Waals surface area contributed by atoms with Gasteiger partial charge in [-0.25, -0.2) is 9.97 Å². The lowest BCUT2D eigenvalue weighted by Crippen LogP contribution is -2.38. The maximum atomic E-state index is 13.4. The van der Waals surface area contributed by atoms with E-state index in [0.29, 0.717) is 16.3 Å². The lowest BCUT2D eigenvalue weighted by atomic mass is 9.84. The molecule has 0 fully saturated rings. The van der Waals surface area contributed by atoms with Crippen LogP contribution in [0, 0.1) is 0 Å². The van der Waals surface area contributed by atoms with Crippen molar-refractivity contribution >= 4 is 39.1 Å². The summed E-state index contributed by atoms with van der Waals surface area (Å²) in [5.74, 6) is -1.21. The van der Waals surface area contributed by atoms with Crippen molar-refractivity contribution in [3.63, 3.8) is 0 Å². The van der Waals surface area contributed by atoms with Crippen LogP contribution >= 0.6 is 0 Å². The van der Waals surface area contributed by atoms with Gasteiger partial charge in [-0.15, -0.1) is 0 Å². The van der Waals surface area contributed by atoms with Crippen molar-refractivity contribution in [2.24, 2.45) is 0 Å². The Kier molecular flexibility index (Phi) is 3.36. The first-order valence-corrected chi connectivity index (χ1v) is 8.69. The summed E-state index contributed by atoms with van der Waals surface area (Å²) in [6.45, 7) is 0. The number of ketones is 1. The van der Waals surface area contributed by atoms with Crippen LogP contribution in [0.3, 0.4) is 0 Å². The van der Waals surface area contributed by atoms with Crippen molar-refractivity contribution in [3.05, 3.63) is 83.4 Å². The van der Waals surface area contributed by atoms with Gasteiger partial charge in [-0.05, 0) is 22.2 Å². The average Bonchev–Trinajstić information content (AvgIpc) is 2.75. The van der Waals surface area contributed by atoms with Gasteiger partial charge >= 0.3 is 0 Å². The average molecular weight is 367 g/mol. The quantitative estimate of drug-likeness (QED) is 0.309. The third kappa shape index (κ3) is 2.05. The van der Waals surface area contributed by atoms with Crippen LogP contribution in [0.4, 0.5) is 0 Å². The van der Waals surface area contributed by atoms with E-state index in [1.807, 2.05) is 30.3 Å². The van der Waals surface area contributed by atoms with Crippen LogP contribution in [0.25, 0.3) is 21.5 Å². The monoisotopic (exact) mass is 367 g/mol. The van der Waals surface area contributed by atoms with E-state index in [4.69, 9.17) is 0 Å². The van der Waals surface area contributed by atoms with E-state index in [2.05, 4.69) is 9.97 Å². The predicted molar refractivity (Wildman–Crippen MR) is 103 cm³/mol. The molecule has 5 rings (SSSR count). The molecule has 28 heavy (non-hydrogen) atoms. The fourth-order valence-corrected chi connectivity index (χ4v) is 3.87. The number of fused-ring (bicyclic) bond motifs is 2. The molecule has 6 nitrogen and oxygen atoms in total. The van der Waals surface area contributed by atoms with Gasteiger partial charge in [-0.2, -0.15) is 0 Å². The minimum Gasteiger partial charge on any atom is -0.288 e. The number of benzene rings is 3.